The van der Waals surface area contributed by atoms with E-state index >= 15 is 0 Å². The molecule has 0 aliphatic rings. The van der Waals surface area contributed by atoms with Crippen LogP contribution >= 0.6 is 0 Å². The van der Waals surface area contributed by atoms with Gasteiger partial charge in [-0.15, -0.1) is 0 Å². The third-order valence-corrected chi connectivity index (χ3v) is 6.13. The van der Waals surface area contributed by atoms with Crippen LogP contribution in [0.1, 0.15) is 30.5 Å². The van der Waals surface area contributed by atoms with E-state index in [-0.39, 0.29) is 17.3 Å². The van der Waals surface area contributed by atoms with Gasteiger partial charge >= 0.3 is 0 Å². The minimum atomic E-state index is -3.98. The lowest BCUT2D eigenvalue weighted by molar-refractivity contribution is -0.125. The Bertz CT molecular complexity index is 1100. The van der Waals surface area contributed by atoms with E-state index in [9.17, 15) is 22.8 Å². The van der Waals surface area contributed by atoms with Gasteiger partial charge in [-0.1, -0.05) is 17.7 Å². The predicted octanol–water partition coefficient (Wildman–Crippen LogP) is 1.99. The van der Waals surface area contributed by atoms with Crippen molar-refractivity contribution in [2.45, 2.75) is 45.6 Å². The number of anilines is 2. The first kappa shape index (κ1) is 25.0. The van der Waals surface area contributed by atoms with Crippen molar-refractivity contribution >= 4 is 39.1 Å². The van der Waals surface area contributed by atoms with E-state index < -0.39 is 27.9 Å². The van der Waals surface area contributed by atoms with E-state index in [1.807, 2.05) is 32.9 Å². The molecule has 0 radical (unpaired) electrons. The van der Waals surface area contributed by atoms with Crippen LogP contribution in [0.3, 0.4) is 0 Å². The highest BCUT2D eigenvalue weighted by Crippen LogP contribution is 2.21. The number of sulfonamides is 1. The van der Waals surface area contributed by atoms with Gasteiger partial charge in [0.25, 0.3) is 0 Å². The molecule has 10 heteroatoms. The molecule has 0 spiro atoms. The number of amides is 3. The van der Waals surface area contributed by atoms with E-state index in [0.29, 0.717) is 11.4 Å². The van der Waals surface area contributed by atoms with Crippen LogP contribution in [0.2, 0.25) is 0 Å². The summed E-state index contributed by atoms with van der Waals surface area (Å²) in [5, 5.41) is 7.74. The maximum absolute atomic E-state index is 12.5. The predicted molar refractivity (Wildman–Crippen MR) is 123 cm³/mol. The fourth-order valence-corrected chi connectivity index (χ4v) is 4.36. The quantitative estimate of drug-likeness (QED) is 0.478. The van der Waals surface area contributed by atoms with E-state index in [4.69, 9.17) is 0 Å². The van der Waals surface area contributed by atoms with Crippen molar-refractivity contribution in [2.24, 2.45) is 0 Å². The van der Waals surface area contributed by atoms with Gasteiger partial charge in [0, 0.05) is 18.3 Å². The Kier molecular flexibility index (Phi) is 8.12. The largest absolute Gasteiger partial charge is 0.346 e. The normalized spacial score (nSPS) is 12.0. The van der Waals surface area contributed by atoms with Crippen LogP contribution in [0.4, 0.5) is 11.4 Å². The number of aryl methyl sites for hydroxylation is 3. The topological polar surface area (TPSA) is 133 Å². The lowest BCUT2D eigenvalue weighted by Gasteiger charge is -2.16. The average molecular weight is 461 g/mol. The molecule has 0 saturated carbocycles. The lowest BCUT2D eigenvalue weighted by atomic mass is 10.1. The maximum atomic E-state index is 12.5. The van der Waals surface area contributed by atoms with Crippen molar-refractivity contribution in [3.05, 3.63) is 53.1 Å². The zero-order chi connectivity index (χ0) is 24.1. The van der Waals surface area contributed by atoms with E-state index in [1.54, 1.807) is 0 Å². The zero-order valence-electron chi connectivity index (χ0n) is 18.7. The summed E-state index contributed by atoms with van der Waals surface area (Å²) in [5.74, 6) is -1.34. The van der Waals surface area contributed by atoms with E-state index in [1.165, 1.54) is 38.1 Å². The first-order valence-corrected chi connectivity index (χ1v) is 11.4. The Morgan fingerprint density at radius 2 is 1.50 bits per heavy atom. The van der Waals surface area contributed by atoms with Crippen molar-refractivity contribution in [1.29, 1.82) is 0 Å². The van der Waals surface area contributed by atoms with Crippen LogP contribution in [0.5, 0.6) is 0 Å². The molecule has 4 N–H and O–H groups in total. The van der Waals surface area contributed by atoms with Crippen LogP contribution < -0.4 is 20.7 Å². The smallest absolute Gasteiger partial charge is 0.243 e. The SMILES string of the molecule is CC(=O)Nc1ccc(S(=O)(=O)N[C@@H](C)C(=O)NCC(=O)Nc2c(C)cc(C)cc2C)cc1. The second-order valence-corrected chi connectivity index (χ2v) is 9.30. The summed E-state index contributed by atoms with van der Waals surface area (Å²) in [6.45, 7) is 8.15. The Morgan fingerprint density at radius 3 is 2.03 bits per heavy atom. The Morgan fingerprint density at radius 1 is 0.938 bits per heavy atom. The Balaban J connectivity index is 1.93. The highest BCUT2D eigenvalue weighted by Gasteiger charge is 2.22. The number of carbonyl (C=O) groups is 3. The average Bonchev–Trinajstić information content (AvgIpc) is 2.68. The third-order valence-electron chi connectivity index (χ3n) is 4.57. The monoisotopic (exact) mass is 460 g/mol. The molecule has 9 nitrogen and oxygen atoms in total. The molecule has 2 rings (SSSR count). The second-order valence-electron chi connectivity index (χ2n) is 7.59. The number of hydrogen-bond acceptors (Lipinski definition) is 5. The maximum Gasteiger partial charge on any atom is 0.243 e. The highest BCUT2D eigenvalue weighted by molar-refractivity contribution is 7.89. The van der Waals surface area contributed by atoms with E-state index in [2.05, 4.69) is 20.7 Å². The van der Waals surface area contributed by atoms with Crippen molar-refractivity contribution < 1.29 is 22.8 Å². The molecule has 0 fully saturated rings. The summed E-state index contributed by atoms with van der Waals surface area (Å²) < 4.78 is 27.3. The van der Waals surface area contributed by atoms with Gasteiger partial charge < -0.3 is 16.0 Å². The molecule has 1 atom stereocenters. The van der Waals surface area contributed by atoms with Gasteiger partial charge in [0.2, 0.25) is 27.7 Å². The van der Waals surface area contributed by atoms with Gasteiger partial charge in [-0.3, -0.25) is 14.4 Å². The first-order valence-electron chi connectivity index (χ1n) is 9.94. The molecule has 3 amide bonds. The molecular formula is C22H28N4O5S. The number of hydrogen-bond donors (Lipinski definition) is 4. The molecule has 0 bridgehead atoms. The summed E-state index contributed by atoms with van der Waals surface area (Å²) in [7, 11) is -3.98. The first-order chi connectivity index (χ1) is 14.9. The molecule has 0 aliphatic heterocycles. The van der Waals surface area contributed by atoms with Crippen LogP contribution in [0, 0.1) is 20.8 Å². The van der Waals surface area contributed by atoms with Crippen molar-refractivity contribution in [2.75, 3.05) is 17.2 Å². The van der Waals surface area contributed by atoms with Crippen molar-refractivity contribution in [1.82, 2.24) is 10.0 Å². The summed E-state index contributed by atoms with van der Waals surface area (Å²) in [5.41, 5.74) is 4.04. The molecule has 0 heterocycles. The van der Waals surface area contributed by atoms with Gasteiger partial charge in [-0.05, 0) is 63.1 Å². The van der Waals surface area contributed by atoms with Crippen molar-refractivity contribution in [3.63, 3.8) is 0 Å². The number of rotatable bonds is 8. The summed E-state index contributed by atoms with van der Waals surface area (Å²) in [6.07, 6.45) is 0. The molecule has 172 valence electrons. The lowest BCUT2D eigenvalue weighted by Crippen LogP contribution is -2.46. The second kappa shape index (κ2) is 10.4. The van der Waals surface area contributed by atoms with Gasteiger partial charge in [0.1, 0.15) is 0 Å². The van der Waals surface area contributed by atoms with Crippen molar-refractivity contribution in [3.8, 4) is 0 Å². The fraction of sp³-hybridized carbons (Fsp3) is 0.318. The molecule has 32 heavy (non-hydrogen) atoms. The van der Waals surface area contributed by atoms with Crippen LogP contribution in [-0.2, 0) is 24.4 Å². The van der Waals surface area contributed by atoms with Gasteiger partial charge in [0.15, 0.2) is 0 Å². The molecule has 0 aromatic heterocycles. The van der Waals surface area contributed by atoms with Crippen LogP contribution in [0.25, 0.3) is 0 Å². The Labute approximate surface area is 188 Å². The minimum absolute atomic E-state index is 0.0608. The number of carbonyl (C=O) groups excluding carboxylic acids is 3. The molecular weight excluding hydrogens is 432 g/mol. The standard InChI is InChI=1S/C22H28N4O5S/c1-13-10-14(2)21(15(3)11-13)25-20(28)12-23-22(29)16(4)26-32(30,31)19-8-6-18(7-9-19)24-17(5)27/h6-11,16,26H,12H2,1-5H3,(H,23,29)(H,24,27)(H,25,28)/t16-/m0/s1. The molecule has 2 aromatic carbocycles. The highest BCUT2D eigenvalue weighted by atomic mass is 32.2. The summed E-state index contributed by atoms with van der Waals surface area (Å²) >= 11 is 0. The third kappa shape index (κ3) is 6.89. The molecule has 0 aliphatic carbocycles. The van der Waals surface area contributed by atoms with E-state index in [0.717, 1.165) is 16.7 Å². The van der Waals surface area contributed by atoms with Gasteiger partial charge in [-0.25, -0.2) is 8.42 Å². The minimum Gasteiger partial charge on any atom is -0.346 e. The van der Waals surface area contributed by atoms with Gasteiger partial charge in [-0.2, -0.15) is 4.72 Å². The molecule has 0 unspecified atom stereocenters. The molecule has 2 aromatic rings. The Hall–Kier alpha value is -3.24. The number of nitrogens with one attached hydrogen (secondary N) is 4. The summed E-state index contributed by atoms with van der Waals surface area (Å²) in [4.78, 5) is 35.5. The van der Waals surface area contributed by atoms with Crippen LogP contribution in [-0.4, -0.2) is 38.7 Å². The van der Waals surface area contributed by atoms with Crippen LogP contribution in [0.15, 0.2) is 41.3 Å². The fourth-order valence-electron chi connectivity index (χ4n) is 3.16. The molecule has 0 saturated heterocycles. The van der Waals surface area contributed by atoms with Gasteiger partial charge in [0.05, 0.1) is 17.5 Å². The summed E-state index contributed by atoms with van der Waals surface area (Å²) in [6, 6.07) is 8.31. The zero-order valence-corrected chi connectivity index (χ0v) is 19.5. The number of benzene rings is 2.